The third-order valence-electron chi connectivity index (χ3n) is 4.16. The second-order valence-corrected chi connectivity index (χ2v) is 5.78. The number of ether oxygens (including phenoxy) is 3. The number of hydrogen-bond acceptors (Lipinski definition) is 6. The second kappa shape index (κ2) is 8.52. The van der Waals surface area contributed by atoms with Crippen molar-refractivity contribution >= 4 is 23.5 Å². The molecule has 0 spiro atoms. The highest BCUT2D eigenvalue weighted by atomic mass is 16.5. The highest BCUT2D eigenvalue weighted by molar-refractivity contribution is 6.03. The number of methoxy groups -OCH3 is 3. The summed E-state index contributed by atoms with van der Waals surface area (Å²) in [6.07, 6.45) is 0.0746. The fourth-order valence-electron chi connectivity index (χ4n) is 2.76. The third kappa shape index (κ3) is 4.23. The fourth-order valence-corrected chi connectivity index (χ4v) is 2.76. The maximum Gasteiger partial charge on any atom is 0.337 e. The zero-order chi connectivity index (χ0) is 19.3. The minimum Gasteiger partial charge on any atom is -0.493 e. The first kappa shape index (κ1) is 19.5. The summed E-state index contributed by atoms with van der Waals surface area (Å²) in [6.45, 7) is 1.07. The monoisotopic (exact) mass is 366 g/mol. The van der Waals surface area contributed by atoms with Gasteiger partial charge in [-0.2, -0.15) is 0 Å². The number of carbonyl (C=O) groups is 3. The van der Waals surface area contributed by atoms with E-state index in [-0.39, 0.29) is 41.6 Å². The van der Waals surface area contributed by atoms with E-state index in [0.29, 0.717) is 13.2 Å². The van der Waals surface area contributed by atoms with Crippen molar-refractivity contribution < 1.29 is 33.7 Å². The lowest BCUT2D eigenvalue weighted by atomic mass is 10.1. The van der Waals surface area contributed by atoms with Gasteiger partial charge in [0.1, 0.15) is 0 Å². The zero-order valence-electron chi connectivity index (χ0n) is 14.9. The summed E-state index contributed by atoms with van der Waals surface area (Å²) in [7, 11) is 4.34. The predicted octanol–water partition coefficient (Wildman–Crippen LogP) is 0.835. The Hall–Kier alpha value is -2.81. The Morgan fingerprint density at radius 2 is 1.88 bits per heavy atom. The highest BCUT2D eigenvalue weighted by Gasteiger charge is 2.34. The van der Waals surface area contributed by atoms with Crippen LogP contribution in [0, 0.1) is 5.92 Å². The van der Waals surface area contributed by atoms with Crippen molar-refractivity contribution in [3.8, 4) is 11.5 Å². The molecule has 0 radical (unpaired) electrons. The number of carboxylic acids is 1. The van der Waals surface area contributed by atoms with Gasteiger partial charge < -0.3 is 29.5 Å². The Morgan fingerprint density at radius 3 is 2.46 bits per heavy atom. The van der Waals surface area contributed by atoms with Gasteiger partial charge in [0, 0.05) is 38.8 Å². The molecule has 142 valence electrons. The van der Waals surface area contributed by atoms with Gasteiger partial charge in [0.2, 0.25) is 11.8 Å². The van der Waals surface area contributed by atoms with Crippen molar-refractivity contribution in [3.63, 3.8) is 0 Å². The van der Waals surface area contributed by atoms with E-state index in [0.717, 1.165) is 0 Å². The summed E-state index contributed by atoms with van der Waals surface area (Å²) in [4.78, 5) is 37.5. The van der Waals surface area contributed by atoms with Gasteiger partial charge in [-0.25, -0.2) is 4.79 Å². The van der Waals surface area contributed by atoms with Gasteiger partial charge in [-0.05, 0) is 0 Å². The summed E-state index contributed by atoms with van der Waals surface area (Å²) >= 11 is 0. The maximum atomic E-state index is 12.5. The number of nitrogens with zero attached hydrogens (tertiary/aromatic N) is 1. The molecule has 0 aromatic heterocycles. The molecular weight excluding hydrogens is 344 g/mol. The largest absolute Gasteiger partial charge is 0.493 e. The summed E-state index contributed by atoms with van der Waals surface area (Å²) in [5.41, 5.74) is -0.0421. The van der Waals surface area contributed by atoms with Crippen LogP contribution in [0.25, 0.3) is 0 Å². The standard InChI is InChI=1S/C17H22N2O7/c1-24-5-4-19-9-10(6-15(19)20)16(21)18-12-8-14(26-3)13(25-2)7-11(12)17(22)23/h7-8,10H,4-6,9H2,1-3H3,(H,18,21)(H,22,23). The number of benzene rings is 1. The lowest BCUT2D eigenvalue weighted by Gasteiger charge is -2.17. The molecule has 1 saturated heterocycles. The van der Waals surface area contributed by atoms with Gasteiger partial charge in [0.05, 0.1) is 38.0 Å². The molecule has 1 aliphatic heterocycles. The van der Waals surface area contributed by atoms with E-state index in [1.165, 1.54) is 33.5 Å². The Kier molecular flexibility index (Phi) is 6.40. The van der Waals surface area contributed by atoms with Crippen LogP contribution in [0.5, 0.6) is 11.5 Å². The van der Waals surface area contributed by atoms with Crippen molar-refractivity contribution in [2.24, 2.45) is 5.92 Å². The van der Waals surface area contributed by atoms with Crippen molar-refractivity contribution in [3.05, 3.63) is 17.7 Å². The molecule has 0 saturated carbocycles. The molecule has 1 fully saturated rings. The third-order valence-corrected chi connectivity index (χ3v) is 4.16. The van der Waals surface area contributed by atoms with Crippen LogP contribution in [0.3, 0.4) is 0 Å². The highest BCUT2D eigenvalue weighted by Crippen LogP contribution is 2.34. The van der Waals surface area contributed by atoms with E-state index in [4.69, 9.17) is 14.2 Å². The Bertz CT molecular complexity index is 705. The zero-order valence-corrected chi connectivity index (χ0v) is 14.9. The average molecular weight is 366 g/mol. The van der Waals surface area contributed by atoms with Crippen LogP contribution in [0.2, 0.25) is 0 Å². The van der Waals surface area contributed by atoms with Crippen molar-refractivity contribution in [2.75, 3.05) is 46.3 Å². The van der Waals surface area contributed by atoms with Crippen LogP contribution in [0.15, 0.2) is 12.1 Å². The molecule has 2 amide bonds. The number of hydrogen-bond donors (Lipinski definition) is 2. The van der Waals surface area contributed by atoms with Gasteiger partial charge in [0.25, 0.3) is 0 Å². The summed E-state index contributed by atoms with van der Waals surface area (Å²) < 4.78 is 15.2. The number of amides is 2. The first-order valence-electron chi connectivity index (χ1n) is 7.98. The molecule has 1 unspecified atom stereocenters. The van der Waals surface area contributed by atoms with Gasteiger partial charge in [-0.15, -0.1) is 0 Å². The van der Waals surface area contributed by atoms with Crippen LogP contribution >= 0.6 is 0 Å². The van der Waals surface area contributed by atoms with E-state index in [9.17, 15) is 19.5 Å². The average Bonchev–Trinajstić information content (AvgIpc) is 3.00. The first-order valence-corrected chi connectivity index (χ1v) is 7.98. The molecule has 2 rings (SSSR count). The SMILES string of the molecule is COCCN1CC(C(=O)Nc2cc(OC)c(OC)cc2C(=O)O)CC1=O. The van der Waals surface area contributed by atoms with Crippen molar-refractivity contribution in [2.45, 2.75) is 6.42 Å². The minimum absolute atomic E-state index is 0.0746. The number of rotatable bonds is 8. The number of carboxylic acid groups (broad SMARTS) is 1. The van der Waals surface area contributed by atoms with E-state index >= 15 is 0 Å². The normalized spacial score (nSPS) is 16.5. The molecular formula is C17H22N2O7. The van der Waals surface area contributed by atoms with Gasteiger partial charge in [0.15, 0.2) is 11.5 Å². The predicted molar refractivity (Wildman–Crippen MR) is 91.7 cm³/mol. The minimum atomic E-state index is -1.22. The van der Waals surface area contributed by atoms with Crippen molar-refractivity contribution in [1.29, 1.82) is 0 Å². The maximum absolute atomic E-state index is 12.5. The number of nitrogens with one attached hydrogen (secondary N) is 1. The van der Waals surface area contributed by atoms with Crippen LogP contribution < -0.4 is 14.8 Å². The molecule has 9 heteroatoms. The molecule has 1 atom stereocenters. The number of aromatic carboxylic acids is 1. The Labute approximate surface area is 150 Å². The first-order chi connectivity index (χ1) is 12.4. The second-order valence-electron chi connectivity index (χ2n) is 5.78. The van der Waals surface area contributed by atoms with Gasteiger partial charge >= 0.3 is 5.97 Å². The molecule has 0 aliphatic carbocycles. The van der Waals surface area contributed by atoms with Crippen molar-refractivity contribution in [1.82, 2.24) is 4.90 Å². The molecule has 0 bridgehead atoms. The van der Waals surface area contributed by atoms with Gasteiger partial charge in [-0.1, -0.05) is 0 Å². The summed E-state index contributed by atoms with van der Waals surface area (Å²) in [5, 5.41) is 12.0. The molecule has 1 aromatic carbocycles. The molecule has 26 heavy (non-hydrogen) atoms. The van der Waals surface area contributed by atoms with E-state index in [1.807, 2.05) is 0 Å². The van der Waals surface area contributed by atoms with E-state index < -0.39 is 17.8 Å². The molecule has 9 nitrogen and oxygen atoms in total. The van der Waals surface area contributed by atoms with Crippen LogP contribution in [0.4, 0.5) is 5.69 Å². The lowest BCUT2D eigenvalue weighted by Crippen LogP contribution is -2.31. The topological polar surface area (TPSA) is 114 Å². The smallest absolute Gasteiger partial charge is 0.337 e. The van der Waals surface area contributed by atoms with E-state index in [1.54, 1.807) is 4.90 Å². The molecule has 1 heterocycles. The Balaban J connectivity index is 2.18. The van der Waals surface area contributed by atoms with E-state index in [2.05, 4.69) is 5.32 Å². The molecule has 1 aromatic rings. The van der Waals surface area contributed by atoms with Crippen LogP contribution in [-0.4, -0.2) is 68.8 Å². The van der Waals surface area contributed by atoms with Gasteiger partial charge in [-0.3, -0.25) is 9.59 Å². The number of carbonyl (C=O) groups excluding carboxylic acids is 2. The summed E-state index contributed by atoms with van der Waals surface area (Å²) in [5.74, 6) is -1.80. The fraction of sp³-hybridized carbons (Fsp3) is 0.471. The van der Waals surface area contributed by atoms with Crippen LogP contribution in [-0.2, 0) is 14.3 Å². The Morgan fingerprint density at radius 1 is 1.23 bits per heavy atom. The summed E-state index contributed by atoms with van der Waals surface area (Å²) in [6, 6.07) is 2.67. The quantitative estimate of drug-likeness (QED) is 0.700. The molecule has 1 aliphatic rings. The lowest BCUT2D eigenvalue weighted by molar-refractivity contribution is -0.128. The van der Waals surface area contributed by atoms with Crippen LogP contribution in [0.1, 0.15) is 16.8 Å². The molecule has 2 N–H and O–H groups in total. The number of likely N-dealkylation sites (tertiary alicyclic amines) is 1. The number of anilines is 1.